The summed E-state index contributed by atoms with van der Waals surface area (Å²) < 4.78 is 0.922. The van der Waals surface area contributed by atoms with Gasteiger partial charge in [-0.05, 0) is 36.8 Å². The fourth-order valence-electron chi connectivity index (χ4n) is 2.42. The largest absolute Gasteiger partial charge is 0.303 e. The zero-order chi connectivity index (χ0) is 15.0. The second kappa shape index (κ2) is 5.30. The van der Waals surface area contributed by atoms with Gasteiger partial charge in [-0.1, -0.05) is 46.3 Å². The van der Waals surface area contributed by atoms with Crippen LogP contribution in [0.2, 0.25) is 0 Å². The number of nitrogens with zero attached hydrogens (tertiary/aromatic N) is 1. The molecule has 104 valence electrons. The Bertz CT molecular complexity index is 748. The quantitative estimate of drug-likeness (QED) is 0.779. The van der Waals surface area contributed by atoms with Crippen molar-refractivity contribution in [2.24, 2.45) is 0 Å². The van der Waals surface area contributed by atoms with Gasteiger partial charge in [-0.3, -0.25) is 14.5 Å². The summed E-state index contributed by atoms with van der Waals surface area (Å²) in [5.41, 5.74) is 2.69. The average Bonchev–Trinajstić information content (AvgIpc) is 2.73. The van der Waals surface area contributed by atoms with Gasteiger partial charge in [0.2, 0.25) is 5.78 Å². The summed E-state index contributed by atoms with van der Waals surface area (Å²) in [7, 11) is 0. The van der Waals surface area contributed by atoms with Gasteiger partial charge in [0.1, 0.15) is 0 Å². The zero-order valence-corrected chi connectivity index (χ0v) is 12.9. The smallest absolute Gasteiger partial charge is 0.283 e. The molecule has 3 nitrogen and oxygen atoms in total. The molecule has 3 rings (SSSR count). The Hall–Kier alpha value is -2.20. The molecule has 2 aromatic carbocycles. The number of carbonyl (C=O) groups is 2. The van der Waals surface area contributed by atoms with Gasteiger partial charge in [0.15, 0.2) is 0 Å². The molecule has 4 heteroatoms. The lowest BCUT2D eigenvalue weighted by atomic mass is 10.1. The first-order valence-electron chi connectivity index (χ1n) is 6.50. The summed E-state index contributed by atoms with van der Waals surface area (Å²) in [4.78, 5) is 25.9. The molecule has 1 heterocycles. The number of rotatable bonds is 2. The minimum absolute atomic E-state index is 0.447. The van der Waals surface area contributed by atoms with Gasteiger partial charge >= 0.3 is 5.91 Å². The van der Waals surface area contributed by atoms with Crippen LogP contribution in [0.5, 0.6) is 0 Å². The molecule has 0 unspecified atom stereocenters. The van der Waals surface area contributed by atoms with Crippen LogP contribution in [0.15, 0.2) is 64.6 Å². The zero-order valence-electron chi connectivity index (χ0n) is 11.3. The number of carbonyl (C=O) groups excluding carboxylic acids is 2. The van der Waals surface area contributed by atoms with Crippen LogP contribution >= 0.6 is 15.9 Å². The Labute approximate surface area is 131 Å². The topological polar surface area (TPSA) is 37.4 Å². The molecule has 1 aliphatic rings. The highest BCUT2D eigenvalue weighted by Crippen LogP contribution is 2.35. The first-order chi connectivity index (χ1) is 10.1. The summed E-state index contributed by atoms with van der Waals surface area (Å²) in [5, 5.41) is 0. The van der Waals surface area contributed by atoms with Crippen LogP contribution in [0.3, 0.4) is 0 Å². The van der Waals surface area contributed by atoms with Crippen molar-refractivity contribution < 1.29 is 9.59 Å². The second-order valence-electron chi connectivity index (χ2n) is 4.79. The highest BCUT2D eigenvalue weighted by atomic mass is 79.9. The van der Waals surface area contributed by atoms with Gasteiger partial charge in [-0.2, -0.15) is 0 Å². The summed E-state index contributed by atoms with van der Waals surface area (Å²) in [6, 6.07) is 16.8. The van der Waals surface area contributed by atoms with E-state index in [2.05, 4.69) is 15.9 Å². The molecule has 0 radical (unpaired) electrons. The molecule has 1 aliphatic heterocycles. The molecule has 0 aromatic heterocycles. The van der Waals surface area contributed by atoms with E-state index in [0.29, 0.717) is 17.0 Å². The first-order valence-corrected chi connectivity index (χ1v) is 7.29. The molecule has 0 saturated carbocycles. The number of amides is 1. The highest BCUT2D eigenvalue weighted by Gasteiger charge is 2.37. The number of halogens is 1. The van der Waals surface area contributed by atoms with Crippen molar-refractivity contribution in [3.05, 3.63) is 70.2 Å². The predicted octanol–water partition coefficient (Wildman–Crippen LogP) is 3.80. The average molecular weight is 342 g/mol. The maximum Gasteiger partial charge on any atom is 0.303 e. The van der Waals surface area contributed by atoms with Crippen LogP contribution < -0.4 is 4.90 Å². The highest BCUT2D eigenvalue weighted by molar-refractivity contribution is 9.10. The Morgan fingerprint density at radius 3 is 2.14 bits per heavy atom. The van der Waals surface area contributed by atoms with Crippen LogP contribution in [-0.2, 0) is 9.59 Å². The lowest BCUT2D eigenvalue weighted by Gasteiger charge is -2.20. The molecule has 2 aromatic rings. The number of anilines is 1. The van der Waals surface area contributed by atoms with Gasteiger partial charge in [-0.25, -0.2) is 0 Å². The van der Waals surface area contributed by atoms with E-state index in [9.17, 15) is 9.59 Å². The Kier molecular flexibility index (Phi) is 3.47. The molecular formula is C17H12BrNO2. The number of hydrogen-bond acceptors (Lipinski definition) is 2. The van der Waals surface area contributed by atoms with E-state index in [0.717, 1.165) is 10.0 Å². The fourth-order valence-corrected chi connectivity index (χ4v) is 2.68. The molecule has 1 amide bonds. The van der Waals surface area contributed by atoms with Gasteiger partial charge < -0.3 is 0 Å². The SMILES string of the molecule is CC1=C(c2ccccc2)N(c2ccc(Br)cc2)C(=O)C1=O. The van der Waals surface area contributed by atoms with Crippen molar-refractivity contribution in [3.63, 3.8) is 0 Å². The third-order valence-corrected chi connectivity index (χ3v) is 3.98. The standard InChI is InChI=1S/C17H12BrNO2/c1-11-15(12-5-3-2-4-6-12)19(17(21)16(11)20)14-9-7-13(18)8-10-14/h2-10H,1H3. The summed E-state index contributed by atoms with van der Waals surface area (Å²) in [5.74, 6) is -0.953. The predicted molar refractivity (Wildman–Crippen MR) is 85.7 cm³/mol. The summed E-state index contributed by atoms with van der Waals surface area (Å²) >= 11 is 3.37. The third kappa shape index (κ3) is 2.32. The molecule has 21 heavy (non-hydrogen) atoms. The molecular weight excluding hydrogens is 330 g/mol. The van der Waals surface area contributed by atoms with Gasteiger partial charge in [-0.15, -0.1) is 0 Å². The third-order valence-electron chi connectivity index (χ3n) is 3.45. The Balaban J connectivity index is 2.16. The van der Waals surface area contributed by atoms with Crippen molar-refractivity contribution in [3.8, 4) is 0 Å². The lowest BCUT2D eigenvalue weighted by Crippen LogP contribution is -2.28. The van der Waals surface area contributed by atoms with Crippen molar-refractivity contribution in [1.82, 2.24) is 0 Å². The molecule has 0 bridgehead atoms. The van der Waals surface area contributed by atoms with Crippen molar-refractivity contribution in [1.29, 1.82) is 0 Å². The van der Waals surface area contributed by atoms with Gasteiger partial charge in [0.25, 0.3) is 0 Å². The first kappa shape index (κ1) is 13.8. The van der Waals surface area contributed by atoms with Gasteiger partial charge in [0, 0.05) is 15.7 Å². The molecule has 0 N–H and O–H groups in total. The summed E-state index contributed by atoms with van der Waals surface area (Å²) in [6.07, 6.45) is 0. The molecule has 0 spiro atoms. The van der Waals surface area contributed by atoms with Crippen molar-refractivity contribution in [2.45, 2.75) is 6.92 Å². The molecule has 0 saturated heterocycles. The number of ketones is 1. The minimum atomic E-state index is -0.506. The Morgan fingerprint density at radius 2 is 1.52 bits per heavy atom. The lowest BCUT2D eigenvalue weighted by molar-refractivity contribution is -0.132. The number of benzene rings is 2. The van der Waals surface area contributed by atoms with E-state index >= 15 is 0 Å². The van der Waals surface area contributed by atoms with Gasteiger partial charge in [0.05, 0.1) is 5.70 Å². The van der Waals surface area contributed by atoms with E-state index in [1.165, 1.54) is 4.90 Å². The van der Waals surface area contributed by atoms with Crippen LogP contribution in [-0.4, -0.2) is 11.7 Å². The summed E-state index contributed by atoms with van der Waals surface area (Å²) in [6.45, 7) is 1.70. The number of hydrogen-bond donors (Lipinski definition) is 0. The van der Waals surface area contributed by atoms with Crippen LogP contribution in [0.1, 0.15) is 12.5 Å². The van der Waals surface area contributed by atoms with E-state index in [1.807, 2.05) is 54.6 Å². The van der Waals surface area contributed by atoms with E-state index in [1.54, 1.807) is 6.92 Å². The van der Waals surface area contributed by atoms with Crippen LogP contribution in [0, 0.1) is 0 Å². The fraction of sp³-hybridized carbons (Fsp3) is 0.0588. The van der Waals surface area contributed by atoms with E-state index in [-0.39, 0.29) is 0 Å². The monoisotopic (exact) mass is 341 g/mol. The second-order valence-corrected chi connectivity index (χ2v) is 5.70. The maximum absolute atomic E-state index is 12.3. The van der Waals surface area contributed by atoms with E-state index in [4.69, 9.17) is 0 Å². The Morgan fingerprint density at radius 1 is 0.905 bits per heavy atom. The van der Waals surface area contributed by atoms with Crippen molar-refractivity contribution >= 4 is 39.0 Å². The minimum Gasteiger partial charge on any atom is -0.283 e. The molecule has 0 fully saturated rings. The molecule has 0 atom stereocenters. The number of Topliss-reactive ketones (excluding diaryl/α,β-unsaturated/α-hetero) is 1. The normalized spacial score (nSPS) is 15.0. The van der Waals surface area contributed by atoms with Crippen LogP contribution in [0.25, 0.3) is 5.70 Å². The maximum atomic E-state index is 12.3. The van der Waals surface area contributed by atoms with Crippen LogP contribution in [0.4, 0.5) is 5.69 Å². The molecule has 0 aliphatic carbocycles. The van der Waals surface area contributed by atoms with E-state index < -0.39 is 11.7 Å². The van der Waals surface area contributed by atoms with Crippen molar-refractivity contribution in [2.75, 3.05) is 4.90 Å².